The molecule has 1 aromatic rings. The van der Waals surface area contributed by atoms with Gasteiger partial charge in [0.1, 0.15) is 5.51 Å². The van der Waals surface area contributed by atoms with Gasteiger partial charge in [0, 0.05) is 13.1 Å². The number of hydrogen-bond donors (Lipinski definition) is 1. The first-order chi connectivity index (χ1) is 5.34. The Morgan fingerprint density at radius 1 is 1.73 bits per heavy atom. The van der Waals surface area contributed by atoms with Crippen LogP contribution in [0.15, 0.2) is 5.51 Å². The molecule has 1 fully saturated rings. The number of anilines is 1. The number of hydrogen-bond acceptors (Lipinski definition) is 5. The Hall–Kier alpha value is -0.680. The highest BCUT2D eigenvalue weighted by Crippen LogP contribution is 2.14. The van der Waals surface area contributed by atoms with E-state index in [2.05, 4.69) is 27.5 Å². The Kier molecular flexibility index (Phi) is 1.75. The smallest absolute Gasteiger partial charge is 0.205 e. The quantitative estimate of drug-likeness (QED) is 0.691. The van der Waals surface area contributed by atoms with Gasteiger partial charge in [-0.1, -0.05) is 11.3 Å². The second-order valence-electron chi connectivity index (χ2n) is 2.81. The van der Waals surface area contributed by atoms with Crippen molar-refractivity contribution < 1.29 is 0 Å². The summed E-state index contributed by atoms with van der Waals surface area (Å²) in [7, 11) is 2.11. The van der Waals surface area contributed by atoms with E-state index in [1.165, 1.54) is 0 Å². The van der Waals surface area contributed by atoms with Gasteiger partial charge in [0.05, 0.1) is 6.04 Å². The van der Waals surface area contributed by atoms with Crippen LogP contribution in [-0.4, -0.2) is 41.3 Å². The molecular weight excluding hydrogens is 160 g/mol. The second-order valence-corrected chi connectivity index (χ2v) is 3.64. The molecule has 60 valence electrons. The van der Waals surface area contributed by atoms with Gasteiger partial charge in [0.15, 0.2) is 0 Å². The minimum Gasteiger partial charge on any atom is -0.355 e. The summed E-state index contributed by atoms with van der Waals surface area (Å²) >= 11 is 1.55. The van der Waals surface area contributed by atoms with Gasteiger partial charge < -0.3 is 10.2 Å². The molecule has 0 radical (unpaired) electrons. The first-order valence-corrected chi connectivity index (χ1v) is 4.44. The standard InChI is InChI=1S/C6H10N4S/c1-10-2-5(3-10)8-6-9-7-4-11-6/h4-5H,2-3H2,1H3,(H,8,9). The maximum absolute atomic E-state index is 3.90. The molecular formula is C6H10N4S. The van der Waals surface area contributed by atoms with E-state index in [0.29, 0.717) is 6.04 Å². The zero-order valence-electron chi connectivity index (χ0n) is 6.32. The summed E-state index contributed by atoms with van der Waals surface area (Å²) in [5.41, 5.74) is 1.74. The zero-order chi connectivity index (χ0) is 7.68. The fraction of sp³-hybridized carbons (Fsp3) is 0.667. The Morgan fingerprint density at radius 2 is 2.55 bits per heavy atom. The molecule has 0 atom stereocenters. The molecule has 4 nitrogen and oxygen atoms in total. The monoisotopic (exact) mass is 170 g/mol. The van der Waals surface area contributed by atoms with Crippen LogP contribution >= 0.6 is 11.3 Å². The molecule has 0 amide bonds. The first-order valence-electron chi connectivity index (χ1n) is 3.56. The second kappa shape index (κ2) is 2.75. The van der Waals surface area contributed by atoms with Gasteiger partial charge in [-0.2, -0.15) is 0 Å². The van der Waals surface area contributed by atoms with Crippen LogP contribution in [0.3, 0.4) is 0 Å². The number of nitrogens with zero attached hydrogens (tertiary/aromatic N) is 3. The summed E-state index contributed by atoms with van der Waals surface area (Å²) in [4.78, 5) is 2.26. The van der Waals surface area contributed by atoms with E-state index in [1.54, 1.807) is 16.8 Å². The van der Waals surface area contributed by atoms with Crippen LogP contribution in [0.25, 0.3) is 0 Å². The molecule has 5 heteroatoms. The number of likely N-dealkylation sites (N-methyl/N-ethyl adjacent to an activating group) is 1. The SMILES string of the molecule is CN1CC(Nc2nncs2)C1. The van der Waals surface area contributed by atoms with Crippen molar-refractivity contribution >= 4 is 16.5 Å². The minimum absolute atomic E-state index is 0.577. The molecule has 0 spiro atoms. The summed E-state index contributed by atoms with van der Waals surface area (Å²) in [6.45, 7) is 2.22. The molecule has 1 aliphatic rings. The van der Waals surface area contributed by atoms with Crippen LogP contribution < -0.4 is 5.32 Å². The van der Waals surface area contributed by atoms with Crippen molar-refractivity contribution in [3.8, 4) is 0 Å². The van der Waals surface area contributed by atoms with Crippen LogP contribution in [0.5, 0.6) is 0 Å². The predicted octanol–water partition coefficient (Wildman–Crippen LogP) is 0.264. The Labute approximate surface area is 69.2 Å². The van der Waals surface area contributed by atoms with Crippen molar-refractivity contribution in [2.24, 2.45) is 0 Å². The van der Waals surface area contributed by atoms with E-state index in [9.17, 15) is 0 Å². The maximum atomic E-state index is 3.90. The van der Waals surface area contributed by atoms with Crippen molar-refractivity contribution in [1.29, 1.82) is 0 Å². The molecule has 2 rings (SSSR count). The molecule has 0 saturated carbocycles. The summed E-state index contributed by atoms with van der Waals surface area (Å²) in [5, 5.41) is 11.9. The van der Waals surface area contributed by atoms with Crippen molar-refractivity contribution in [2.45, 2.75) is 6.04 Å². The molecule has 0 aliphatic carbocycles. The van der Waals surface area contributed by atoms with Gasteiger partial charge in [-0.15, -0.1) is 10.2 Å². The first kappa shape index (κ1) is 7.00. The normalized spacial score (nSPS) is 19.7. The van der Waals surface area contributed by atoms with Crippen LogP contribution in [0.2, 0.25) is 0 Å². The van der Waals surface area contributed by atoms with Gasteiger partial charge in [-0.3, -0.25) is 0 Å². The van der Waals surface area contributed by atoms with E-state index < -0.39 is 0 Å². The lowest BCUT2D eigenvalue weighted by Crippen LogP contribution is -2.52. The lowest BCUT2D eigenvalue weighted by atomic mass is 10.1. The highest BCUT2D eigenvalue weighted by atomic mass is 32.1. The lowest BCUT2D eigenvalue weighted by Gasteiger charge is -2.36. The van der Waals surface area contributed by atoms with E-state index in [-0.39, 0.29) is 0 Å². The highest BCUT2D eigenvalue weighted by molar-refractivity contribution is 7.13. The summed E-state index contributed by atoms with van der Waals surface area (Å²) in [6, 6.07) is 0.577. The van der Waals surface area contributed by atoms with Crippen LogP contribution in [0.4, 0.5) is 5.13 Å². The summed E-state index contributed by atoms with van der Waals surface area (Å²) in [5.74, 6) is 0. The van der Waals surface area contributed by atoms with Gasteiger partial charge in [0.25, 0.3) is 0 Å². The molecule has 0 bridgehead atoms. The third-order valence-electron chi connectivity index (χ3n) is 1.75. The molecule has 2 heterocycles. The van der Waals surface area contributed by atoms with Crippen LogP contribution in [0, 0.1) is 0 Å². The lowest BCUT2D eigenvalue weighted by molar-refractivity contribution is 0.205. The van der Waals surface area contributed by atoms with Crippen LogP contribution in [-0.2, 0) is 0 Å². The zero-order valence-corrected chi connectivity index (χ0v) is 7.14. The molecule has 11 heavy (non-hydrogen) atoms. The van der Waals surface area contributed by atoms with Crippen molar-refractivity contribution in [1.82, 2.24) is 15.1 Å². The van der Waals surface area contributed by atoms with Crippen molar-refractivity contribution in [3.05, 3.63) is 5.51 Å². The molecule has 1 N–H and O–H groups in total. The van der Waals surface area contributed by atoms with E-state index >= 15 is 0 Å². The third-order valence-corrected chi connectivity index (χ3v) is 2.37. The number of likely N-dealkylation sites (tertiary alicyclic amines) is 1. The van der Waals surface area contributed by atoms with E-state index in [0.717, 1.165) is 18.2 Å². The van der Waals surface area contributed by atoms with Crippen molar-refractivity contribution in [2.75, 3.05) is 25.5 Å². The van der Waals surface area contributed by atoms with Gasteiger partial charge in [0.2, 0.25) is 5.13 Å². The minimum atomic E-state index is 0.577. The van der Waals surface area contributed by atoms with E-state index in [1.807, 2.05) is 0 Å². The van der Waals surface area contributed by atoms with Crippen LogP contribution in [0.1, 0.15) is 0 Å². The van der Waals surface area contributed by atoms with Crippen molar-refractivity contribution in [3.63, 3.8) is 0 Å². The maximum Gasteiger partial charge on any atom is 0.205 e. The molecule has 1 aliphatic heterocycles. The average Bonchev–Trinajstić information content (AvgIpc) is 2.36. The molecule has 0 aromatic carbocycles. The number of rotatable bonds is 2. The fourth-order valence-electron chi connectivity index (χ4n) is 1.20. The van der Waals surface area contributed by atoms with E-state index in [4.69, 9.17) is 0 Å². The molecule has 1 saturated heterocycles. The predicted molar refractivity (Wildman–Crippen MR) is 44.8 cm³/mol. The number of nitrogens with one attached hydrogen (secondary N) is 1. The molecule has 0 unspecified atom stereocenters. The third kappa shape index (κ3) is 1.49. The topological polar surface area (TPSA) is 41.0 Å². The Morgan fingerprint density at radius 3 is 3.09 bits per heavy atom. The van der Waals surface area contributed by atoms with Gasteiger partial charge >= 0.3 is 0 Å². The van der Waals surface area contributed by atoms with Gasteiger partial charge in [-0.05, 0) is 7.05 Å². The fourth-order valence-corrected chi connectivity index (χ4v) is 1.72. The largest absolute Gasteiger partial charge is 0.355 e. The Balaban J connectivity index is 1.84. The Bertz CT molecular complexity index is 216. The summed E-state index contributed by atoms with van der Waals surface area (Å²) in [6.07, 6.45) is 0. The number of aromatic nitrogens is 2. The average molecular weight is 170 g/mol. The summed E-state index contributed by atoms with van der Waals surface area (Å²) < 4.78 is 0. The molecule has 1 aromatic heterocycles. The van der Waals surface area contributed by atoms with Gasteiger partial charge in [-0.25, -0.2) is 0 Å². The highest BCUT2D eigenvalue weighted by Gasteiger charge is 2.23.